The van der Waals surface area contributed by atoms with Crippen molar-refractivity contribution in [2.24, 2.45) is 0 Å². The first-order chi connectivity index (χ1) is 14.2. The lowest BCUT2D eigenvalue weighted by molar-refractivity contribution is 0.102. The van der Waals surface area contributed by atoms with E-state index >= 15 is 0 Å². The van der Waals surface area contributed by atoms with E-state index < -0.39 is 0 Å². The number of hydrogen-bond donors (Lipinski definition) is 2. The molecular weight excluding hydrogens is 382 g/mol. The summed E-state index contributed by atoms with van der Waals surface area (Å²) < 4.78 is 0. The van der Waals surface area contributed by atoms with Crippen molar-refractivity contribution >= 4 is 23.2 Å². The Morgan fingerprint density at radius 2 is 1.90 bits per heavy atom. The molecule has 5 rings (SSSR count). The number of aromatic hydroxyl groups is 1. The monoisotopic (exact) mass is 399 g/mol. The topological polar surface area (TPSA) is 75.1 Å². The highest BCUT2D eigenvalue weighted by molar-refractivity contribution is 7.16. The molecule has 5 nitrogen and oxygen atoms in total. The molecule has 2 N–H and O–H groups in total. The van der Waals surface area contributed by atoms with Gasteiger partial charge < -0.3 is 5.11 Å². The number of fused-ring (bicyclic) bond motifs is 3. The molecule has 1 aliphatic carbocycles. The molecule has 0 saturated heterocycles. The molecule has 6 heteroatoms. The summed E-state index contributed by atoms with van der Waals surface area (Å²) in [7, 11) is 0. The fraction of sp³-hybridized carbons (Fsp3) is 0.0870. The van der Waals surface area contributed by atoms with Gasteiger partial charge in [0.2, 0.25) is 5.95 Å². The molecule has 0 atom stereocenters. The van der Waals surface area contributed by atoms with Gasteiger partial charge >= 0.3 is 0 Å². The van der Waals surface area contributed by atoms with Crippen molar-refractivity contribution in [3.8, 4) is 27.4 Å². The zero-order chi connectivity index (χ0) is 19.8. The van der Waals surface area contributed by atoms with Crippen LogP contribution in [0.15, 0.2) is 66.9 Å². The Bertz CT molecular complexity index is 1220. The molecule has 0 saturated carbocycles. The Morgan fingerprint density at radius 1 is 1.03 bits per heavy atom. The van der Waals surface area contributed by atoms with Crippen LogP contribution in [0.25, 0.3) is 21.7 Å². The molecular formula is C23H17N3O2S. The summed E-state index contributed by atoms with van der Waals surface area (Å²) in [6, 6.07) is 18.4. The highest BCUT2D eigenvalue weighted by Gasteiger charge is 2.22. The third-order valence-corrected chi connectivity index (χ3v) is 6.19. The van der Waals surface area contributed by atoms with E-state index in [1.165, 1.54) is 4.88 Å². The second-order valence-electron chi connectivity index (χ2n) is 6.89. The SMILES string of the molecule is O=C(Nc1ncc2c(n1)-c1cc(-c3cccc(O)c3)sc1CC2)c1ccccc1. The summed E-state index contributed by atoms with van der Waals surface area (Å²) in [5, 5.41) is 12.6. The lowest BCUT2D eigenvalue weighted by Crippen LogP contribution is -2.15. The van der Waals surface area contributed by atoms with E-state index in [4.69, 9.17) is 0 Å². The maximum absolute atomic E-state index is 12.4. The van der Waals surface area contributed by atoms with E-state index in [9.17, 15) is 9.90 Å². The molecule has 1 amide bonds. The number of phenols is 1. The Labute approximate surface area is 171 Å². The van der Waals surface area contributed by atoms with E-state index in [1.54, 1.807) is 41.8 Å². The van der Waals surface area contributed by atoms with Crippen LogP contribution in [0, 0.1) is 0 Å². The number of phenolic OH excluding ortho intramolecular Hbond substituents is 1. The average Bonchev–Trinajstić information content (AvgIpc) is 3.19. The zero-order valence-electron chi connectivity index (χ0n) is 15.4. The van der Waals surface area contributed by atoms with Gasteiger partial charge in [-0.2, -0.15) is 0 Å². The second-order valence-corrected chi connectivity index (χ2v) is 8.02. The normalized spacial score (nSPS) is 12.1. The number of rotatable bonds is 3. The molecule has 142 valence electrons. The molecule has 1 aliphatic rings. The minimum atomic E-state index is -0.229. The number of carbonyl (C=O) groups is 1. The fourth-order valence-electron chi connectivity index (χ4n) is 3.51. The first kappa shape index (κ1) is 17.6. The average molecular weight is 399 g/mol. The van der Waals surface area contributed by atoms with Crippen LogP contribution in [0.1, 0.15) is 20.8 Å². The summed E-state index contributed by atoms with van der Waals surface area (Å²) >= 11 is 1.72. The number of anilines is 1. The zero-order valence-corrected chi connectivity index (χ0v) is 16.2. The first-order valence-corrected chi connectivity index (χ1v) is 10.1. The van der Waals surface area contributed by atoms with Gasteiger partial charge in [-0.3, -0.25) is 10.1 Å². The predicted octanol–water partition coefficient (Wildman–Crippen LogP) is 4.93. The van der Waals surface area contributed by atoms with Crippen LogP contribution in [-0.4, -0.2) is 21.0 Å². The van der Waals surface area contributed by atoms with E-state index in [-0.39, 0.29) is 11.7 Å². The highest BCUT2D eigenvalue weighted by atomic mass is 32.1. The van der Waals surface area contributed by atoms with Crippen molar-refractivity contribution in [1.29, 1.82) is 0 Å². The van der Waals surface area contributed by atoms with Crippen molar-refractivity contribution in [2.75, 3.05) is 5.32 Å². The summed E-state index contributed by atoms with van der Waals surface area (Å²) in [6.07, 6.45) is 3.61. The Morgan fingerprint density at radius 3 is 2.72 bits per heavy atom. The number of carbonyl (C=O) groups excluding carboxylic acids is 1. The minimum absolute atomic E-state index is 0.229. The van der Waals surface area contributed by atoms with Crippen molar-refractivity contribution in [2.45, 2.75) is 12.8 Å². The summed E-state index contributed by atoms with van der Waals surface area (Å²) in [5.74, 6) is 0.324. The van der Waals surface area contributed by atoms with Crippen molar-refractivity contribution in [3.05, 3.63) is 82.9 Å². The van der Waals surface area contributed by atoms with Gasteiger partial charge in [-0.25, -0.2) is 9.97 Å². The number of nitrogens with zero attached hydrogens (tertiary/aromatic N) is 2. The first-order valence-electron chi connectivity index (χ1n) is 9.32. The molecule has 0 aliphatic heterocycles. The van der Waals surface area contributed by atoms with Crippen LogP contribution >= 0.6 is 11.3 Å². The number of thiophene rings is 1. The van der Waals surface area contributed by atoms with E-state index in [0.717, 1.165) is 40.1 Å². The second kappa shape index (κ2) is 7.14. The van der Waals surface area contributed by atoms with Crippen molar-refractivity contribution in [3.63, 3.8) is 0 Å². The third-order valence-electron chi connectivity index (χ3n) is 4.94. The molecule has 0 fully saturated rings. The summed E-state index contributed by atoms with van der Waals surface area (Å²) in [6.45, 7) is 0. The lowest BCUT2D eigenvalue weighted by atomic mass is 9.96. The van der Waals surface area contributed by atoms with Gasteiger partial charge in [0.15, 0.2) is 0 Å². The van der Waals surface area contributed by atoms with Crippen molar-refractivity contribution < 1.29 is 9.90 Å². The van der Waals surface area contributed by atoms with E-state index in [2.05, 4.69) is 21.4 Å². The van der Waals surface area contributed by atoms with Gasteiger partial charge in [0, 0.05) is 27.1 Å². The van der Waals surface area contributed by atoms with Crippen molar-refractivity contribution in [1.82, 2.24) is 9.97 Å². The van der Waals surface area contributed by atoms with Crippen LogP contribution in [0.5, 0.6) is 5.75 Å². The Kier molecular flexibility index (Phi) is 4.33. The Balaban J connectivity index is 1.49. The van der Waals surface area contributed by atoms with Gasteiger partial charge in [0.1, 0.15) is 5.75 Å². The van der Waals surface area contributed by atoms with E-state index in [0.29, 0.717) is 11.5 Å². The third kappa shape index (κ3) is 3.39. The van der Waals surface area contributed by atoms with Crippen LogP contribution in [0.4, 0.5) is 5.95 Å². The van der Waals surface area contributed by atoms with E-state index in [1.807, 2.05) is 30.3 Å². The summed E-state index contributed by atoms with van der Waals surface area (Å²) in [4.78, 5) is 23.8. The fourth-order valence-corrected chi connectivity index (χ4v) is 4.67. The molecule has 0 spiro atoms. The molecule has 4 aromatic rings. The molecule has 29 heavy (non-hydrogen) atoms. The molecule has 0 unspecified atom stereocenters. The van der Waals surface area contributed by atoms with Crippen LogP contribution in [-0.2, 0) is 12.8 Å². The molecule has 0 radical (unpaired) electrons. The number of hydrogen-bond acceptors (Lipinski definition) is 5. The maximum atomic E-state index is 12.4. The number of aryl methyl sites for hydroxylation is 2. The lowest BCUT2D eigenvalue weighted by Gasteiger charge is -2.15. The molecule has 2 heterocycles. The molecule has 0 bridgehead atoms. The maximum Gasteiger partial charge on any atom is 0.258 e. The summed E-state index contributed by atoms with van der Waals surface area (Å²) in [5.41, 5.74) is 4.57. The highest BCUT2D eigenvalue weighted by Crippen LogP contribution is 2.42. The van der Waals surface area contributed by atoms with Crippen LogP contribution in [0.3, 0.4) is 0 Å². The van der Waals surface area contributed by atoms with Gasteiger partial charge in [0.05, 0.1) is 5.69 Å². The molecule has 2 aromatic carbocycles. The quantitative estimate of drug-likeness (QED) is 0.512. The predicted molar refractivity (Wildman–Crippen MR) is 114 cm³/mol. The minimum Gasteiger partial charge on any atom is -0.508 e. The smallest absolute Gasteiger partial charge is 0.258 e. The largest absolute Gasteiger partial charge is 0.508 e. The van der Waals surface area contributed by atoms with Crippen LogP contribution < -0.4 is 5.32 Å². The number of nitrogens with one attached hydrogen (secondary N) is 1. The number of aromatic nitrogens is 2. The van der Waals surface area contributed by atoms with Gasteiger partial charge in [0.25, 0.3) is 5.91 Å². The van der Waals surface area contributed by atoms with Gasteiger partial charge in [-0.1, -0.05) is 30.3 Å². The molecule has 2 aromatic heterocycles. The number of benzene rings is 2. The van der Waals surface area contributed by atoms with Crippen LogP contribution in [0.2, 0.25) is 0 Å². The van der Waals surface area contributed by atoms with Gasteiger partial charge in [-0.05, 0) is 54.3 Å². The standard InChI is InChI=1S/C23H17N3O2S/c27-17-8-4-7-15(11-17)20-12-18-19(29-20)10-9-16-13-24-23(25-21(16)18)26-22(28)14-5-2-1-3-6-14/h1-8,11-13,27H,9-10H2,(H,24,25,26,28). The Hall–Kier alpha value is -3.51. The number of amides is 1. The van der Waals surface area contributed by atoms with Gasteiger partial charge in [-0.15, -0.1) is 11.3 Å².